The van der Waals surface area contributed by atoms with Crippen LogP contribution in [0.2, 0.25) is 0 Å². The molecule has 3 aromatic rings. The highest BCUT2D eigenvalue weighted by Gasteiger charge is 2.01. The predicted octanol–water partition coefficient (Wildman–Crippen LogP) is 4.08. The van der Waals surface area contributed by atoms with Crippen LogP contribution in [0.1, 0.15) is 11.3 Å². The van der Waals surface area contributed by atoms with Gasteiger partial charge in [0, 0.05) is 24.0 Å². The van der Waals surface area contributed by atoms with Gasteiger partial charge in [-0.1, -0.05) is 12.1 Å². The normalized spacial score (nSPS) is 11.3. The van der Waals surface area contributed by atoms with Crippen molar-refractivity contribution in [3.63, 3.8) is 0 Å². The monoisotopic (exact) mass is 389 g/mol. The number of para-hydroxylation sites is 2. The molecule has 0 unspecified atom stereocenters. The van der Waals surface area contributed by atoms with Crippen LogP contribution >= 0.6 is 27.3 Å². The quantitative estimate of drug-likeness (QED) is 0.509. The van der Waals surface area contributed by atoms with E-state index in [-0.39, 0.29) is 5.91 Å². The van der Waals surface area contributed by atoms with Crippen molar-refractivity contribution in [1.29, 1.82) is 0 Å². The number of nitrogens with one attached hydrogen (secondary N) is 1. The van der Waals surface area contributed by atoms with Crippen LogP contribution in [0.4, 0.5) is 0 Å². The number of hydrogen-bond donors (Lipinski definition) is 1. The van der Waals surface area contributed by atoms with Crippen LogP contribution in [-0.2, 0) is 11.3 Å². The second-order valence-corrected chi connectivity index (χ2v) is 7.54. The summed E-state index contributed by atoms with van der Waals surface area (Å²) in [6, 6.07) is 12.0. The number of carbonyl (C=O) groups excluding carboxylic acids is 1. The molecule has 2 heterocycles. The second-order valence-electron chi connectivity index (χ2n) is 5.05. The van der Waals surface area contributed by atoms with Crippen LogP contribution in [0.3, 0.4) is 0 Å². The third kappa shape index (κ3) is 4.30. The topological polar surface area (TPSA) is 46.9 Å². The van der Waals surface area contributed by atoms with Crippen molar-refractivity contribution in [2.24, 2.45) is 0 Å². The highest BCUT2D eigenvalue weighted by Crippen LogP contribution is 2.22. The van der Waals surface area contributed by atoms with E-state index in [1.165, 1.54) is 0 Å². The molecule has 1 N–H and O–H groups in total. The van der Waals surface area contributed by atoms with Gasteiger partial charge in [0.1, 0.15) is 0 Å². The Morgan fingerprint density at radius 1 is 1.30 bits per heavy atom. The van der Waals surface area contributed by atoms with Gasteiger partial charge < -0.3 is 9.88 Å². The van der Waals surface area contributed by atoms with Crippen LogP contribution in [-0.4, -0.2) is 22.0 Å². The molecular weight excluding hydrogens is 374 g/mol. The lowest BCUT2D eigenvalue weighted by atomic mass is 10.3. The molecule has 0 fully saturated rings. The number of hydrogen-bond acceptors (Lipinski definition) is 3. The van der Waals surface area contributed by atoms with Gasteiger partial charge in [-0.3, -0.25) is 4.79 Å². The number of imidazole rings is 1. The Kier molecular flexibility index (Phi) is 5.25. The lowest BCUT2D eigenvalue weighted by molar-refractivity contribution is -0.116. The van der Waals surface area contributed by atoms with Crippen molar-refractivity contribution in [1.82, 2.24) is 14.9 Å². The van der Waals surface area contributed by atoms with Gasteiger partial charge in [0.15, 0.2) is 0 Å². The minimum Gasteiger partial charge on any atom is -0.352 e. The van der Waals surface area contributed by atoms with Crippen molar-refractivity contribution >= 4 is 50.3 Å². The van der Waals surface area contributed by atoms with E-state index in [0.717, 1.165) is 32.7 Å². The van der Waals surface area contributed by atoms with E-state index in [0.29, 0.717) is 6.54 Å². The molecule has 0 aliphatic carbocycles. The SMILES string of the molecule is O=C(/C=C/c1ccc(Br)s1)NCCCn1cnc2ccccc21. The molecule has 1 amide bonds. The number of amides is 1. The standard InChI is InChI=1S/C17H16BrN3OS/c18-16-8-6-13(23-16)7-9-17(22)19-10-3-11-21-12-20-14-4-1-2-5-15(14)21/h1-2,4-9,12H,3,10-11H2,(H,19,22)/b9-7+. The van der Waals surface area contributed by atoms with Crippen molar-refractivity contribution in [2.75, 3.05) is 6.54 Å². The number of aromatic nitrogens is 2. The molecule has 6 heteroatoms. The lowest BCUT2D eigenvalue weighted by Crippen LogP contribution is -2.23. The van der Waals surface area contributed by atoms with Gasteiger partial charge in [-0.05, 0) is 52.7 Å². The summed E-state index contributed by atoms with van der Waals surface area (Å²) in [7, 11) is 0. The number of fused-ring (bicyclic) bond motifs is 1. The molecular formula is C17H16BrN3OS. The van der Waals surface area contributed by atoms with E-state index >= 15 is 0 Å². The largest absolute Gasteiger partial charge is 0.352 e. The summed E-state index contributed by atoms with van der Waals surface area (Å²) in [5.74, 6) is -0.0648. The molecule has 0 aliphatic heterocycles. The maximum atomic E-state index is 11.8. The Labute approximate surface area is 147 Å². The minimum absolute atomic E-state index is 0.0648. The van der Waals surface area contributed by atoms with Gasteiger partial charge in [-0.15, -0.1) is 11.3 Å². The fourth-order valence-corrected chi connectivity index (χ4v) is 3.61. The maximum Gasteiger partial charge on any atom is 0.244 e. The first-order valence-electron chi connectivity index (χ1n) is 7.33. The third-order valence-corrected chi connectivity index (χ3v) is 4.98. The number of thiophene rings is 1. The van der Waals surface area contributed by atoms with Crippen LogP contribution in [0.5, 0.6) is 0 Å². The van der Waals surface area contributed by atoms with Gasteiger partial charge in [0.2, 0.25) is 5.91 Å². The zero-order valence-corrected chi connectivity index (χ0v) is 14.8. The molecule has 3 rings (SSSR count). The number of rotatable bonds is 6. The molecule has 2 aromatic heterocycles. The van der Waals surface area contributed by atoms with Crippen LogP contribution < -0.4 is 5.32 Å². The number of nitrogens with zero attached hydrogens (tertiary/aromatic N) is 2. The van der Waals surface area contributed by atoms with Gasteiger partial charge in [0.05, 0.1) is 21.1 Å². The first kappa shape index (κ1) is 16.0. The summed E-state index contributed by atoms with van der Waals surface area (Å²) in [5.41, 5.74) is 2.13. The zero-order valence-electron chi connectivity index (χ0n) is 12.4. The smallest absolute Gasteiger partial charge is 0.244 e. The second kappa shape index (κ2) is 7.57. The van der Waals surface area contributed by atoms with E-state index < -0.39 is 0 Å². The summed E-state index contributed by atoms with van der Waals surface area (Å²) >= 11 is 5.00. The molecule has 0 saturated carbocycles. The van der Waals surface area contributed by atoms with Crippen molar-refractivity contribution in [3.05, 3.63) is 57.5 Å². The van der Waals surface area contributed by atoms with Crippen LogP contribution in [0.25, 0.3) is 17.1 Å². The summed E-state index contributed by atoms with van der Waals surface area (Å²) in [5, 5.41) is 2.90. The Morgan fingerprint density at radius 2 is 2.17 bits per heavy atom. The van der Waals surface area contributed by atoms with E-state index in [4.69, 9.17) is 0 Å². The Bertz CT molecular complexity index is 837. The molecule has 118 valence electrons. The summed E-state index contributed by atoms with van der Waals surface area (Å²) in [6.45, 7) is 1.48. The lowest BCUT2D eigenvalue weighted by Gasteiger charge is -2.05. The van der Waals surface area contributed by atoms with Gasteiger partial charge in [-0.2, -0.15) is 0 Å². The predicted molar refractivity (Wildman–Crippen MR) is 98.4 cm³/mol. The van der Waals surface area contributed by atoms with E-state index in [1.54, 1.807) is 17.4 Å². The molecule has 0 bridgehead atoms. The van der Waals surface area contributed by atoms with Crippen molar-refractivity contribution in [3.8, 4) is 0 Å². The molecule has 0 radical (unpaired) electrons. The number of halogens is 1. The fraction of sp³-hybridized carbons (Fsp3) is 0.176. The number of aryl methyl sites for hydroxylation is 1. The van der Waals surface area contributed by atoms with Crippen molar-refractivity contribution < 1.29 is 4.79 Å². The van der Waals surface area contributed by atoms with E-state index in [2.05, 4.69) is 36.9 Å². The molecule has 1 aromatic carbocycles. The Balaban J connectivity index is 1.44. The summed E-state index contributed by atoms with van der Waals surface area (Å²) in [6.07, 6.45) is 6.12. The average molecular weight is 390 g/mol. The first-order valence-corrected chi connectivity index (χ1v) is 8.94. The summed E-state index contributed by atoms with van der Waals surface area (Å²) < 4.78 is 3.17. The van der Waals surface area contributed by atoms with E-state index in [1.807, 2.05) is 42.7 Å². The Morgan fingerprint density at radius 3 is 3.00 bits per heavy atom. The van der Waals surface area contributed by atoms with Crippen molar-refractivity contribution in [2.45, 2.75) is 13.0 Å². The molecule has 0 aliphatic rings. The zero-order chi connectivity index (χ0) is 16.1. The maximum absolute atomic E-state index is 11.8. The molecule has 0 saturated heterocycles. The Hall–Kier alpha value is -1.92. The third-order valence-electron chi connectivity index (χ3n) is 3.40. The van der Waals surface area contributed by atoms with Gasteiger partial charge in [-0.25, -0.2) is 4.98 Å². The van der Waals surface area contributed by atoms with Crippen LogP contribution in [0.15, 0.2) is 52.6 Å². The highest BCUT2D eigenvalue weighted by atomic mass is 79.9. The fourth-order valence-electron chi connectivity index (χ4n) is 2.28. The highest BCUT2D eigenvalue weighted by molar-refractivity contribution is 9.11. The first-order chi connectivity index (χ1) is 11.2. The number of carbonyl (C=O) groups is 1. The number of benzene rings is 1. The minimum atomic E-state index is -0.0648. The summed E-state index contributed by atoms with van der Waals surface area (Å²) in [4.78, 5) is 17.2. The van der Waals surface area contributed by atoms with Gasteiger partial charge >= 0.3 is 0 Å². The average Bonchev–Trinajstić information content (AvgIpc) is 3.16. The van der Waals surface area contributed by atoms with E-state index in [9.17, 15) is 4.79 Å². The van der Waals surface area contributed by atoms with Gasteiger partial charge in [0.25, 0.3) is 0 Å². The molecule has 4 nitrogen and oxygen atoms in total. The van der Waals surface area contributed by atoms with Crippen LogP contribution in [0, 0.1) is 0 Å². The molecule has 0 atom stereocenters. The molecule has 0 spiro atoms. The molecule has 23 heavy (non-hydrogen) atoms.